The van der Waals surface area contributed by atoms with Gasteiger partial charge in [0.15, 0.2) is 0 Å². The zero-order valence-electron chi connectivity index (χ0n) is 16.9. The molecule has 0 aromatic heterocycles. The minimum Gasteiger partial charge on any atom is -0.455 e. The number of aryl methyl sites for hydroxylation is 2. The standard InChI is InChI=1S/C30H18O/c1-2-9-19-18(8-1)22-13-6-14-25-27(22)28-23(19)16-15-17-7-5-12-21-20-10-3-4-11-24(20)30(31-25)29(28)26(17)21/h1-14H,15-16H2. The quantitative estimate of drug-likeness (QED) is 0.236. The van der Waals surface area contributed by atoms with Crippen LogP contribution in [0.2, 0.25) is 0 Å². The van der Waals surface area contributed by atoms with Gasteiger partial charge in [-0.2, -0.15) is 0 Å². The first kappa shape index (κ1) is 15.9. The maximum absolute atomic E-state index is 6.76. The van der Waals surface area contributed by atoms with Gasteiger partial charge in [0.1, 0.15) is 11.5 Å². The molecular weight excluding hydrogens is 376 g/mol. The second-order valence-electron chi connectivity index (χ2n) is 8.77. The van der Waals surface area contributed by atoms with E-state index in [0.717, 1.165) is 24.3 Å². The second kappa shape index (κ2) is 5.44. The lowest BCUT2D eigenvalue weighted by Crippen LogP contribution is -2.02. The lowest BCUT2D eigenvalue weighted by atomic mass is 9.83. The van der Waals surface area contributed by atoms with Gasteiger partial charge in [0.25, 0.3) is 0 Å². The molecule has 0 unspecified atom stereocenters. The Morgan fingerprint density at radius 2 is 1.13 bits per heavy atom. The number of hydrogen-bond acceptors (Lipinski definition) is 1. The fraction of sp³-hybridized carbons (Fsp3) is 0.0667. The highest BCUT2D eigenvalue weighted by atomic mass is 16.5. The van der Waals surface area contributed by atoms with Crippen molar-refractivity contribution in [3.05, 3.63) is 96.1 Å². The van der Waals surface area contributed by atoms with E-state index in [0.29, 0.717) is 0 Å². The molecule has 0 radical (unpaired) electrons. The molecule has 0 amide bonds. The first-order valence-electron chi connectivity index (χ1n) is 11.0. The minimum absolute atomic E-state index is 0.982. The Balaban J connectivity index is 1.75. The average molecular weight is 394 g/mol. The van der Waals surface area contributed by atoms with Gasteiger partial charge in [0.05, 0.1) is 0 Å². The SMILES string of the molecule is c1ccc2c(c1)c1c3c4c(cccc42)CCc2c-3c3c(cccc3c3ccccc23)O1. The van der Waals surface area contributed by atoms with Crippen molar-refractivity contribution in [2.75, 3.05) is 0 Å². The van der Waals surface area contributed by atoms with Gasteiger partial charge in [-0.3, -0.25) is 0 Å². The molecule has 0 bridgehead atoms. The molecule has 2 aliphatic rings. The minimum atomic E-state index is 0.982. The van der Waals surface area contributed by atoms with Crippen molar-refractivity contribution >= 4 is 43.1 Å². The van der Waals surface area contributed by atoms with Crippen LogP contribution in [0.5, 0.6) is 11.5 Å². The number of hydrogen-bond donors (Lipinski definition) is 0. The lowest BCUT2D eigenvalue weighted by molar-refractivity contribution is 0.493. The predicted octanol–water partition coefficient (Wildman–Crippen LogP) is 8.17. The highest BCUT2D eigenvalue weighted by Crippen LogP contribution is 2.57. The van der Waals surface area contributed by atoms with Crippen LogP contribution in [0.25, 0.3) is 54.2 Å². The van der Waals surface area contributed by atoms with Crippen LogP contribution in [0.4, 0.5) is 0 Å². The normalized spacial score (nSPS) is 13.8. The summed E-state index contributed by atoms with van der Waals surface area (Å²) in [5.41, 5.74) is 5.58. The van der Waals surface area contributed by atoms with E-state index in [1.165, 1.54) is 65.3 Å². The molecule has 0 fully saturated rings. The van der Waals surface area contributed by atoms with Crippen molar-refractivity contribution < 1.29 is 4.74 Å². The first-order valence-corrected chi connectivity index (χ1v) is 11.0. The molecular formula is C30H18O. The molecule has 1 aliphatic heterocycles. The number of rotatable bonds is 0. The topological polar surface area (TPSA) is 9.23 Å². The van der Waals surface area contributed by atoms with E-state index < -0.39 is 0 Å². The fourth-order valence-electron chi connectivity index (χ4n) is 6.11. The third kappa shape index (κ3) is 1.84. The molecule has 0 spiro atoms. The van der Waals surface area contributed by atoms with Crippen molar-refractivity contribution in [2.45, 2.75) is 12.8 Å². The van der Waals surface area contributed by atoms with E-state index in [-0.39, 0.29) is 0 Å². The van der Waals surface area contributed by atoms with Gasteiger partial charge < -0.3 is 4.74 Å². The van der Waals surface area contributed by atoms with Crippen LogP contribution in [-0.4, -0.2) is 0 Å². The molecule has 0 saturated carbocycles. The zero-order chi connectivity index (χ0) is 20.1. The van der Waals surface area contributed by atoms with Crippen LogP contribution < -0.4 is 4.74 Å². The summed E-state index contributed by atoms with van der Waals surface area (Å²) in [5.74, 6) is 2.00. The summed E-state index contributed by atoms with van der Waals surface area (Å²) in [5, 5.41) is 10.5. The van der Waals surface area contributed by atoms with Crippen molar-refractivity contribution in [1.82, 2.24) is 0 Å². The second-order valence-corrected chi connectivity index (χ2v) is 8.77. The summed E-state index contributed by atoms with van der Waals surface area (Å²) in [6.07, 6.45) is 2.09. The third-order valence-electron chi connectivity index (χ3n) is 7.32. The largest absolute Gasteiger partial charge is 0.455 e. The van der Waals surface area contributed by atoms with Crippen molar-refractivity contribution in [3.63, 3.8) is 0 Å². The molecule has 1 aliphatic carbocycles. The lowest BCUT2D eigenvalue weighted by Gasteiger charge is -2.27. The predicted molar refractivity (Wildman–Crippen MR) is 129 cm³/mol. The van der Waals surface area contributed by atoms with Crippen molar-refractivity contribution in [3.8, 4) is 22.6 Å². The van der Waals surface area contributed by atoms with Gasteiger partial charge in [-0.15, -0.1) is 0 Å². The van der Waals surface area contributed by atoms with Crippen molar-refractivity contribution in [1.29, 1.82) is 0 Å². The number of fused-ring (bicyclic) bond motifs is 6. The Kier molecular flexibility index (Phi) is 2.80. The molecule has 0 saturated heterocycles. The summed E-state index contributed by atoms with van der Waals surface area (Å²) < 4.78 is 6.76. The van der Waals surface area contributed by atoms with Crippen LogP contribution in [0.1, 0.15) is 11.1 Å². The molecule has 1 heterocycles. The molecule has 1 heteroatoms. The van der Waals surface area contributed by atoms with Gasteiger partial charge in [0.2, 0.25) is 0 Å². The van der Waals surface area contributed by atoms with Gasteiger partial charge >= 0.3 is 0 Å². The van der Waals surface area contributed by atoms with Crippen LogP contribution in [0, 0.1) is 0 Å². The fourth-order valence-corrected chi connectivity index (χ4v) is 6.11. The van der Waals surface area contributed by atoms with Gasteiger partial charge in [0, 0.05) is 21.9 Å². The van der Waals surface area contributed by atoms with Gasteiger partial charge in [-0.1, -0.05) is 78.9 Å². The highest BCUT2D eigenvalue weighted by Gasteiger charge is 2.31. The monoisotopic (exact) mass is 394 g/mol. The van der Waals surface area contributed by atoms with E-state index >= 15 is 0 Å². The average Bonchev–Trinajstić information content (AvgIpc) is 3.01. The van der Waals surface area contributed by atoms with E-state index in [4.69, 9.17) is 4.74 Å². The maximum atomic E-state index is 6.76. The van der Waals surface area contributed by atoms with Crippen molar-refractivity contribution in [2.24, 2.45) is 0 Å². The summed E-state index contributed by atoms with van der Waals surface area (Å²) in [6.45, 7) is 0. The summed E-state index contributed by atoms with van der Waals surface area (Å²) >= 11 is 0. The summed E-state index contributed by atoms with van der Waals surface area (Å²) in [6, 6.07) is 30.9. The number of benzene rings is 6. The maximum Gasteiger partial charge on any atom is 0.143 e. The first-order chi connectivity index (χ1) is 15.4. The Bertz CT molecular complexity index is 1760. The van der Waals surface area contributed by atoms with E-state index in [2.05, 4.69) is 84.9 Å². The van der Waals surface area contributed by atoms with Crippen LogP contribution in [-0.2, 0) is 12.8 Å². The van der Waals surface area contributed by atoms with Crippen LogP contribution in [0.15, 0.2) is 84.9 Å². The molecule has 8 rings (SSSR count). The molecule has 6 aromatic rings. The number of ether oxygens (including phenoxy) is 1. The van der Waals surface area contributed by atoms with E-state index in [9.17, 15) is 0 Å². The smallest absolute Gasteiger partial charge is 0.143 e. The van der Waals surface area contributed by atoms with Gasteiger partial charge in [-0.25, -0.2) is 0 Å². The Labute approximate surface area is 179 Å². The van der Waals surface area contributed by atoms with E-state index in [1.54, 1.807) is 0 Å². The van der Waals surface area contributed by atoms with Gasteiger partial charge in [-0.05, 0) is 62.4 Å². The molecule has 0 atom stereocenters. The Hall–Kier alpha value is -3.84. The van der Waals surface area contributed by atoms with Crippen LogP contribution in [0.3, 0.4) is 0 Å². The highest BCUT2D eigenvalue weighted by molar-refractivity contribution is 6.27. The van der Waals surface area contributed by atoms with E-state index in [1.807, 2.05) is 0 Å². The molecule has 144 valence electrons. The summed E-state index contributed by atoms with van der Waals surface area (Å²) in [7, 11) is 0. The van der Waals surface area contributed by atoms with Crippen LogP contribution >= 0.6 is 0 Å². The molecule has 6 aromatic carbocycles. The Morgan fingerprint density at radius 1 is 0.484 bits per heavy atom. The summed E-state index contributed by atoms with van der Waals surface area (Å²) in [4.78, 5) is 0. The molecule has 1 nitrogen and oxygen atoms in total. The molecule has 0 N–H and O–H groups in total. The zero-order valence-corrected chi connectivity index (χ0v) is 16.9. The Morgan fingerprint density at radius 3 is 1.97 bits per heavy atom. The molecule has 31 heavy (non-hydrogen) atoms. The third-order valence-corrected chi connectivity index (χ3v) is 7.32.